The maximum absolute atomic E-state index is 6.88. The van der Waals surface area contributed by atoms with E-state index in [9.17, 15) is 0 Å². The third kappa shape index (κ3) is 6.72. The van der Waals surface area contributed by atoms with Gasteiger partial charge in [0.2, 0.25) is 0 Å². The second kappa shape index (κ2) is 15.5. The molecule has 7 aromatic rings. The minimum absolute atomic E-state index is 0.0575. The molecule has 4 heteroatoms. The molecule has 3 heterocycles. The van der Waals surface area contributed by atoms with Gasteiger partial charge < -0.3 is 14.1 Å². The molecule has 0 radical (unpaired) electrons. The molecule has 6 aromatic carbocycles. The lowest BCUT2D eigenvalue weighted by Crippen LogP contribution is -2.33. The quantitative estimate of drug-likeness (QED) is 0.146. The molecule has 0 amide bonds. The molecule has 4 aliphatic rings. The van der Waals surface area contributed by atoms with E-state index in [4.69, 9.17) is 9.15 Å². The fraction of sp³-hybridized carbons (Fsp3) is 0.236. The molecule has 2 aliphatic heterocycles. The molecule has 0 spiro atoms. The van der Waals surface area contributed by atoms with Gasteiger partial charge in [-0.25, -0.2) is 0 Å². The second-order valence-electron chi connectivity index (χ2n) is 16.8. The van der Waals surface area contributed by atoms with E-state index in [1.807, 2.05) is 11.8 Å². The van der Waals surface area contributed by atoms with Gasteiger partial charge in [-0.3, -0.25) is 0 Å². The van der Waals surface area contributed by atoms with Crippen LogP contribution in [0.1, 0.15) is 91.5 Å². The van der Waals surface area contributed by atoms with Crippen LogP contribution in [0.4, 0.5) is 5.69 Å². The number of anilines is 1. The number of rotatable bonds is 9. The summed E-state index contributed by atoms with van der Waals surface area (Å²) in [6, 6.07) is 47.0. The van der Waals surface area contributed by atoms with Gasteiger partial charge in [0.05, 0.1) is 0 Å². The first kappa shape index (κ1) is 36.4. The van der Waals surface area contributed by atoms with Crippen LogP contribution in [0, 0.1) is 0 Å². The maximum Gasteiger partial charge on any atom is 0.136 e. The normalized spacial score (nSPS) is 21.1. The van der Waals surface area contributed by atoms with Gasteiger partial charge in [0.1, 0.15) is 28.4 Å². The average Bonchev–Trinajstić information content (AvgIpc) is 3.88. The van der Waals surface area contributed by atoms with Crippen LogP contribution in [0.15, 0.2) is 167 Å². The molecule has 0 bridgehead atoms. The highest BCUT2D eigenvalue weighted by molar-refractivity contribution is 8.03. The smallest absolute Gasteiger partial charge is 0.136 e. The van der Waals surface area contributed by atoms with E-state index in [-0.39, 0.29) is 11.5 Å². The summed E-state index contributed by atoms with van der Waals surface area (Å²) in [5.41, 5.74) is 14.0. The second-order valence-corrected chi connectivity index (χ2v) is 17.8. The lowest BCUT2D eigenvalue weighted by molar-refractivity contribution is 0.230. The number of unbranched alkanes of at least 4 members (excludes halogenated alkanes) is 1. The Morgan fingerprint density at radius 2 is 1.66 bits per heavy atom. The summed E-state index contributed by atoms with van der Waals surface area (Å²) in [5, 5.41) is 7.48. The van der Waals surface area contributed by atoms with Crippen LogP contribution in [-0.4, -0.2) is 11.5 Å². The van der Waals surface area contributed by atoms with Crippen molar-refractivity contribution in [1.82, 2.24) is 0 Å². The molecule has 2 aliphatic carbocycles. The standard InChI is InChI=1S/C55H49NO2S/c1-2-3-11-36-20-29-46-47-18-10-17-45(55(47)58-52(46)32-36)41-14-9-15-44(33-41)56(53-31-26-42(35-59-53)37-12-5-4-6-13-37)43-27-23-38(24-28-43)40-22-21-39-25-30-51-54(49(39)34-40)48-16-7-8-19-50(48)57-51/h4-9,12-16,18-22,25-27,29-35,38,45,53,55H,2-3,10-11,17,23-24,28H2,1H3. The number of hydrogen-bond donors (Lipinski definition) is 0. The monoisotopic (exact) mass is 787 g/mol. The Morgan fingerprint density at radius 3 is 2.53 bits per heavy atom. The van der Waals surface area contributed by atoms with E-state index in [2.05, 4.69) is 169 Å². The first-order valence-corrected chi connectivity index (χ1v) is 22.6. The Balaban J connectivity index is 0.910. The molecule has 0 fully saturated rings. The van der Waals surface area contributed by atoms with E-state index in [1.54, 1.807) is 0 Å². The number of nitrogens with zero attached hydrogens (tertiary/aromatic N) is 1. The molecule has 1 aromatic heterocycles. The van der Waals surface area contributed by atoms with Gasteiger partial charge >= 0.3 is 0 Å². The van der Waals surface area contributed by atoms with Crippen LogP contribution in [0.5, 0.6) is 5.75 Å². The first-order chi connectivity index (χ1) is 29.2. The minimum atomic E-state index is 0.0575. The van der Waals surface area contributed by atoms with Crippen molar-refractivity contribution in [2.24, 2.45) is 0 Å². The maximum atomic E-state index is 6.88. The summed E-state index contributed by atoms with van der Waals surface area (Å²) < 4.78 is 13.2. The molecule has 0 saturated carbocycles. The van der Waals surface area contributed by atoms with Crippen molar-refractivity contribution in [2.75, 3.05) is 4.90 Å². The number of ether oxygens (including phenoxy) is 1. The fourth-order valence-electron chi connectivity index (χ4n) is 10.1. The van der Waals surface area contributed by atoms with Crippen LogP contribution in [0.25, 0.3) is 43.9 Å². The van der Waals surface area contributed by atoms with Crippen molar-refractivity contribution >= 4 is 61.3 Å². The number of furan rings is 1. The van der Waals surface area contributed by atoms with Crippen LogP contribution >= 0.6 is 11.8 Å². The molecule has 0 N–H and O–H groups in total. The number of aryl methyl sites for hydroxylation is 1. The van der Waals surface area contributed by atoms with Gasteiger partial charge in [-0.2, -0.15) is 0 Å². The molecule has 11 rings (SSSR count). The zero-order valence-electron chi connectivity index (χ0n) is 33.6. The lowest BCUT2D eigenvalue weighted by Gasteiger charge is -2.38. The van der Waals surface area contributed by atoms with E-state index >= 15 is 0 Å². The van der Waals surface area contributed by atoms with E-state index in [1.165, 1.54) is 84.7 Å². The minimum Gasteiger partial charge on any atom is -0.484 e. The summed E-state index contributed by atoms with van der Waals surface area (Å²) in [6.07, 6.45) is 18.6. The van der Waals surface area contributed by atoms with Crippen molar-refractivity contribution in [2.45, 2.75) is 81.6 Å². The largest absolute Gasteiger partial charge is 0.484 e. The van der Waals surface area contributed by atoms with Crippen LogP contribution in [-0.2, 0) is 6.42 Å². The molecular formula is C55H49NO2S. The van der Waals surface area contributed by atoms with Crippen molar-refractivity contribution in [3.8, 4) is 5.75 Å². The lowest BCUT2D eigenvalue weighted by atomic mass is 9.80. The summed E-state index contributed by atoms with van der Waals surface area (Å²) in [7, 11) is 0. The van der Waals surface area contributed by atoms with E-state index in [0.717, 1.165) is 55.4 Å². The van der Waals surface area contributed by atoms with Crippen LogP contribution in [0.3, 0.4) is 0 Å². The predicted octanol–water partition coefficient (Wildman–Crippen LogP) is 15.1. The third-order valence-electron chi connectivity index (χ3n) is 13.2. The van der Waals surface area contributed by atoms with E-state index < -0.39 is 0 Å². The van der Waals surface area contributed by atoms with Gasteiger partial charge in [0.15, 0.2) is 0 Å². The van der Waals surface area contributed by atoms with Crippen LogP contribution < -0.4 is 9.64 Å². The molecular weight excluding hydrogens is 739 g/mol. The SMILES string of the molecule is CCCCc1ccc2c(c1)OC1C2=CCCC1c1cccc(N(C2=CCC(c3ccc4ccc5oc6ccccc6c5c4c3)CC2)C2C=CC(c3ccccc3)=CS2)c1. The molecule has 0 saturated heterocycles. The molecule has 4 unspecified atom stereocenters. The number of allylic oxidation sites excluding steroid dienone is 5. The Hall–Kier alpha value is -5.71. The molecule has 292 valence electrons. The predicted molar refractivity (Wildman–Crippen MR) is 249 cm³/mol. The zero-order valence-corrected chi connectivity index (χ0v) is 34.5. The average molecular weight is 788 g/mol. The molecule has 59 heavy (non-hydrogen) atoms. The Bertz CT molecular complexity index is 2840. The Kier molecular flexibility index (Phi) is 9.54. The number of fused-ring (bicyclic) bond motifs is 8. The van der Waals surface area contributed by atoms with Gasteiger partial charge in [-0.15, -0.1) is 11.8 Å². The van der Waals surface area contributed by atoms with Gasteiger partial charge in [-0.05, 0) is 131 Å². The van der Waals surface area contributed by atoms with Gasteiger partial charge in [0.25, 0.3) is 0 Å². The Morgan fingerprint density at radius 1 is 0.763 bits per heavy atom. The number of thioether (sulfide) groups is 1. The van der Waals surface area contributed by atoms with E-state index in [0.29, 0.717) is 11.8 Å². The zero-order chi connectivity index (χ0) is 39.3. The Labute approximate surface area is 351 Å². The molecule has 3 nitrogen and oxygen atoms in total. The van der Waals surface area contributed by atoms with Crippen molar-refractivity contribution in [3.63, 3.8) is 0 Å². The third-order valence-corrected chi connectivity index (χ3v) is 14.2. The van der Waals surface area contributed by atoms with Gasteiger partial charge in [0, 0.05) is 33.6 Å². The first-order valence-electron chi connectivity index (χ1n) is 21.7. The summed E-state index contributed by atoms with van der Waals surface area (Å²) >= 11 is 1.91. The highest BCUT2D eigenvalue weighted by atomic mass is 32.2. The summed E-state index contributed by atoms with van der Waals surface area (Å²) in [6.45, 7) is 2.26. The summed E-state index contributed by atoms with van der Waals surface area (Å²) in [5.74, 6) is 1.83. The number of hydrogen-bond acceptors (Lipinski definition) is 4. The highest BCUT2D eigenvalue weighted by Crippen LogP contribution is 2.49. The van der Waals surface area contributed by atoms with Crippen molar-refractivity contribution < 1.29 is 9.15 Å². The number of para-hydroxylation sites is 1. The van der Waals surface area contributed by atoms with Crippen molar-refractivity contribution in [1.29, 1.82) is 0 Å². The van der Waals surface area contributed by atoms with Crippen LogP contribution in [0.2, 0.25) is 0 Å². The number of benzene rings is 6. The molecule has 4 atom stereocenters. The van der Waals surface area contributed by atoms with Gasteiger partial charge in [-0.1, -0.05) is 135 Å². The van der Waals surface area contributed by atoms with Crippen molar-refractivity contribution in [3.05, 3.63) is 191 Å². The fourth-order valence-corrected chi connectivity index (χ4v) is 11.2. The topological polar surface area (TPSA) is 25.6 Å². The highest BCUT2D eigenvalue weighted by Gasteiger charge is 2.38. The summed E-state index contributed by atoms with van der Waals surface area (Å²) in [4.78, 5) is 2.63.